The molecule has 0 heterocycles. The van der Waals surface area contributed by atoms with Crippen molar-refractivity contribution < 1.29 is 9.53 Å². The average molecular weight is 316 g/mol. The van der Waals surface area contributed by atoms with Crippen LogP contribution in [0.5, 0.6) is 0 Å². The Labute approximate surface area is 141 Å². The second-order valence-electron chi connectivity index (χ2n) is 8.86. The van der Waals surface area contributed by atoms with Gasteiger partial charge in [-0.05, 0) is 80.5 Å². The van der Waals surface area contributed by atoms with Crippen molar-refractivity contribution in [3.05, 3.63) is 11.6 Å². The highest BCUT2D eigenvalue weighted by Gasteiger charge is 2.57. The van der Waals surface area contributed by atoms with Crippen LogP contribution >= 0.6 is 0 Å². The van der Waals surface area contributed by atoms with Gasteiger partial charge in [0.15, 0.2) is 0 Å². The number of ether oxygens (including phenoxy) is 1. The van der Waals surface area contributed by atoms with Crippen molar-refractivity contribution in [1.82, 2.24) is 0 Å². The fourth-order valence-electron chi connectivity index (χ4n) is 7.22. The first-order valence-electron chi connectivity index (χ1n) is 9.78. The smallest absolute Gasteiger partial charge is 0.133 e. The molecule has 128 valence electrons. The van der Waals surface area contributed by atoms with Crippen molar-refractivity contribution in [2.24, 2.45) is 35.0 Å². The van der Waals surface area contributed by atoms with E-state index in [1.165, 1.54) is 32.1 Å². The average Bonchev–Trinajstić information content (AvgIpc) is 2.90. The number of fused-ring (bicyclic) bond motifs is 5. The molecule has 4 saturated carbocycles. The lowest BCUT2D eigenvalue weighted by Crippen LogP contribution is -2.52. The van der Waals surface area contributed by atoms with E-state index in [-0.39, 0.29) is 0 Å². The number of methoxy groups -OCH3 is 1. The van der Waals surface area contributed by atoms with E-state index in [1.54, 1.807) is 5.57 Å². The van der Waals surface area contributed by atoms with Crippen LogP contribution in [-0.2, 0) is 9.53 Å². The number of hydrogen-bond donors (Lipinski definition) is 0. The molecule has 2 heteroatoms. The van der Waals surface area contributed by atoms with Crippen molar-refractivity contribution in [3.63, 3.8) is 0 Å². The number of allylic oxidation sites excluding steroid dienone is 2. The summed E-state index contributed by atoms with van der Waals surface area (Å²) < 4.78 is 5.93. The molecule has 0 aliphatic heterocycles. The Morgan fingerprint density at radius 3 is 2.61 bits per heavy atom. The lowest BCUT2D eigenvalue weighted by Gasteiger charge is -2.56. The van der Waals surface area contributed by atoms with Crippen LogP contribution < -0.4 is 0 Å². The van der Waals surface area contributed by atoms with Gasteiger partial charge in [-0.1, -0.05) is 18.6 Å². The molecule has 0 amide bonds. The minimum atomic E-state index is 0.322. The maximum atomic E-state index is 12.0. The lowest BCUT2D eigenvalue weighted by atomic mass is 9.49. The monoisotopic (exact) mass is 316 g/mol. The van der Waals surface area contributed by atoms with E-state index in [2.05, 4.69) is 19.9 Å². The summed E-state index contributed by atoms with van der Waals surface area (Å²) in [5.41, 5.74) is 2.17. The maximum Gasteiger partial charge on any atom is 0.133 e. The Morgan fingerprint density at radius 2 is 1.87 bits per heavy atom. The van der Waals surface area contributed by atoms with E-state index in [0.717, 1.165) is 42.9 Å². The van der Waals surface area contributed by atoms with Gasteiger partial charge < -0.3 is 4.74 Å². The second-order valence-corrected chi connectivity index (χ2v) is 8.86. The third kappa shape index (κ3) is 2.27. The molecule has 0 spiro atoms. The van der Waals surface area contributed by atoms with Gasteiger partial charge in [-0.2, -0.15) is 0 Å². The van der Waals surface area contributed by atoms with E-state index in [4.69, 9.17) is 4.74 Å². The minimum Gasteiger partial charge on any atom is -0.381 e. The summed E-state index contributed by atoms with van der Waals surface area (Å²) in [5.74, 6) is 4.26. The third-order valence-electron chi connectivity index (χ3n) is 8.29. The molecule has 4 aliphatic carbocycles. The van der Waals surface area contributed by atoms with Gasteiger partial charge in [0.25, 0.3) is 0 Å². The first-order chi connectivity index (χ1) is 11.1. The van der Waals surface area contributed by atoms with Crippen LogP contribution in [0.3, 0.4) is 0 Å². The zero-order valence-electron chi connectivity index (χ0n) is 15.0. The standard InChI is InChI=1S/C21H32O2/c1-4-13-5-8-19-17-12-20(23-3)18-11-14(22)6-7-15(18)16(17)9-10-21(13,19)2/h4,15-20H,5-12H2,1-3H3/b13-4-/t15-,16-,17-,18-,19+,20-,21-/m1/s1. The van der Waals surface area contributed by atoms with Crippen LogP contribution in [0, 0.1) is 35.0 Å². The summed E-state index contributed by atoms with van der Waals surface area (Å²) in [5, 5.41) is 0. The number of carbonyl (C=O) groups excluding carboxylic acids is 1. The predicted molar refractivity (Wildman–Crippen MR) is 92.1 cm³/mol. The van der Waals surface area contributed by atoms with Gasteiger partial charge in [-0.25, -0.2) is 0 Å². The van der Waals surface area contributed by atoms with Crippen molar-refractivity contribution in [3.8, 4) is 0 Å². The van der Waals surface area contributed by atoms with Gasteiger partial charge >= 0.3 is 0 Å². The Bertz CT molecular complexity index is 522. The van der Waals surface area contributed by atoms with E-state index < -0.39 is 0 Å². The van der Waals surface area contributed by atoms with Gasteiger partial charge in [-0.15, -0.1) is 0 Å². The molecule has 0 saturated heterocycles. The van der Waals surface area contributed by atoms with Crippen LogP contribution in [0.2, 0.25) is 0 Å². The van der Waals surface area contributed by atoms with Crippen molar-refractivity contribution in [1.29, 1.82) is 0 Å². The van der Waals surface area contributed by atoms with Gasteiger partial charge in [0, 0.05) is 20.0 Å². The SMILES string of the molecule is C/C=C1/CC[C@H]2[C@@H]3C[C@@H](OC)[C@@H]4CC(=O)CC[C@@H]4[C@H]3CC[C@]12C. The Hall–Kier alpha value is -0.630. The number of hydrogen-bond acceptors (Lipinski definition) is 2. The molecule has 0 radical (unpaired) electrons. The second kappa shape index (κ2) is 5.72. The van der Waals surface area contributed by atoms with Crippen LogP contribution in [-0.4, -0.2) is 19.0 Å². The molecule has 4 fully saturated rings. The predicted octanol–water partition coefficient (Wildman–Crippen LogP) is 4.78. The Morgan fingerprint density at radius 1 is 1.09 bits per heavy atom. The summed E-state index contributed by atoms with van der Waals surface area (Å²) in [7, 11) is 1.87. The van der Waals surface area contributed by atoms with Gasteiger partial charge in [0.2, 0.25) is 0 Å². The molecule has 23 heavy (non-hydrogen) atoms. The first-order valence-corrected chi connectivity index (χ1v) is 9.78. The fourth-order valence-corrected chi connectivity index (χ4v) is 7.22. The Balaban J connectivity index is 1.64. The third-order valence-corrected chi connectivity index (χ3v) is 8.29. The largest absolute Gasteiger partial charge is 0.381 e. The molecule has 0 aromatic rings. The summed E-state index contributed by atoms with van der Waals surface area (Å²) >= 11 is 0. The fraction of sp³-hybridized carbons (Fsp3) is 0.857. The van der Waals surface area contributed by atoms with Crippen LogP contribution in [0.25, 0.3) is 0 Å². The molecular formula is C21H32O2. The van der Waals surface area contributed by atoms with Crippen LogP contribution in [0.15, 0.2) is 11.6 Å². The van der Waals surface area contributed by atoms with E-state index in [9.17, 15) is 4.79 Å². The molecule has 0 unspecified atom stereocenters. The van der Waals surface area contributed by atoms with Crippen LogP contribution in [0.4, 0.5) is 0 Å². The number of carbonyl (C=O) groups is 1. The molecule has 0 N–H and O–H groups in total. The highest BCUT2D eigenvalue weighted by molar-refractivity contribution is 5.79. The van der Waals surface area contributed by atoms with E-state index >= 15 is 0 Å². The molecule has 0 aromatic carbocycles. The van der Waals surface area contributed by atoms with Gasteiger partial charge in [0.05, 0.1) is 6.10 Å². The zero-order valence-corrected chi connectivity index (χ0v) is 15.0. The van der Waals surface area contributed by atoms with Crippen LogP contribution in [0.1, 0.15) is 65.2 Å². The zero-order chi connectivity index (χ0) is 16.2. The van der Waals surface area contributed by atoms with Crippen molar-refractivity contribution >= 4 is 5.78 Å². The summed E-state index contributed by atoms with van der Waals surface area (Å²) in [6.45, 7) is 4.77. The highest BCUT2D eigenvalue weighted by Crippen LogP contribution is 2.64. The number of rotatable bonds is 1. The Kier molecular flexibility index (Phi) is 3.95. The van der Waals surface area contributed by atoms with E-state index in [0.29, 0.717) is 23.2 Å². The van der Waals surface area contributed by atoms with Gasteiger partial charge in [0.1, 0.15) is 5.78 Å². The molecule has 0 bridgehead atoms. The molecule has 0 aromatic heterocycles. The first kappa shape index (κ1) is 15.9. The summed E-state index contributed by atoms with van der Waals surface area (Å²) in [6, 6.07) is 0. The van der Waals surface area contributed by atoms with Gasteiger partial charge in [-0.3, -0.25) is 4.79 Å². The normalized spacial score (nSPS) is 51.3. The maximum absolute atomic E-state index is 12.0. The molecule has 4 rings (SSSR count). The molecule has 2 nitrogen and oxygen atoms in total. The topological polar surface area (TPSA) is 26.3 Å². The minimum absolute atomic E-state index is 0.322. The number of ketones is 1. The quantitative estimate of drug-likeness (QED) is 0.651. The van der Waals surface area contributed by atoms with Crippen molar-refractivity contribution in [2.75, 3.05) is 7.11 Å². The molecule has 7 atom stereocenters. The van der Waals surface area contributed by atoms with E-state index in [1.807, 2.05) is 7.11 Å². The van der Waals surface area contributed by atoms with Crippen molar-refractivity contribution in [2.45, 2.75) is 71.3 Å². The number of Topliss-reactive ketones (excluding diaryl/α,β-unsaturated/α-hetero) is 1. The summed E-state index contributed by atoms with van der Waals surface area (Å²) in [4.78, 5) is 12.0. The lowest BCUT2D eigenvalue weighted by molar-refractivity contribution is -0.139. The molecular weight excluding hydrogens is 284 g/mol. The highest BCUT2D eigenvalue weighted by atomic mass is 16.5. The molecule has 4 aliphatic rings. The summed E-state index contributed by atoms with van der Waals surface area (Å²) in [6.07, 6.45) is 12.1.